The number of ether oxygens (including phenoxy) is 1. The summed E-state index contributed by atoms with van der Waals surface area (Å²) in [7, 11) is 0. The smallest absolute Gasteiger partial charge is 0.306 e. The van der Waals surface area contributed by atoms with E-state index in [1.807, 2.05) is 0 Å². The van der Waals surface area contributed by atoms with Crippen molar-refractivity contribution in [1.82, 2.24) is 0 Å². The van der Waals surface area contributed by atoms with Gasteiger partial charge in [0.15, 0.2) is 3.79 Å². The SMILES string of the molecule is NC(COC(=O)CCC(=O)I)C(=O)I. The minimum absolute atomic E-state index is 0.0317. The van der Waals surface area contributed by atoms with Crippen molar-refractivity contribution in [3.05, 3.63) is 0 Å². The highest BCUT2D eigenvalue weighted by Gasteiger charge is 2.13. The van der Waals surface area contributed by atoms with Gasteiger partial charge in [0.25, 0.3) is 0 Å². The molecule has 0 aliphatic rings. The van der Waals surface area contributed by atoms with Crippen LogP contribution in [0.3, 0.4) is 0 Å². The molecule has 0 saturated heterocycles. The van der Waals surface area contributed by atoms with Crippen LogP contribution in [0.2, 0.25) is 0 Å². The maximum atomic E-state index is 10.9. The van der Waals surface area contributed by atoms with Gasteiger partial charge in [0.2, 0.25) is 3.79 Å². The van der Waals surface area contributed by atoms with Gasteiger partial charge in [-0.2, -0.15) is 0 Å². The summed E-state index contributed by atoms with van der Waals surface area (Å²) in [6.45, 7) is -0.129. The highest BCUT2D eigenvalue weighted by molar-refractivity contribution is 14.1. The number of esters is 1. The van der Waals surface area contributed by atoms with E-state index in [1.165, 1.54) is 22.6 Å². The van der Waals surface area contributed by atoms with E-state index >= 15 is 0 Å². The fourth-order valence-electron chi connectivity index (χ4n) is 0.521. The Bertz CT molecular complexity index is 244. The number of nitrogens with two attached hydrogens (primary N) is 1. The molecule has 0 amide bonds. The zero-order valence-corrected chi connectivity index (χ0v) is 11.5. The third-order valence-electron chi connectivity index (χ3n) is 1.24. The molecule has 0 aromatic rings. The van der Waals surface area contributed by atoms with Gasteiger partial charge < -0.3 is 10.5 Å². The number of halogens is 2. The maximum absolute atomic E-state index is 10.9. The van der Waals surface area contributed by atoms with Crippen molar-refractivity contribution in [2.24, 2.45) is 5.73 Å². The Balaban J connectivity index is 3.64. The van der Waals surface area contributed by atoms with Crippen LogP contribution in [0.5, 0.6) is 0 Å². The zero-order chi connectivity index (χ0) is 11.1. The van der Waals surface area contributed by atoms with Crippen LogP contribution >= 0.6 is 45.2 Å². The van der Waals surface area contributed by atoms with Crippen molar-refractivity contribution in [3.8, 4) is 0 Å². The first kappa shape index (κ1) is 14.2. The molecule has 1 unspecified atom stereocenters. The van der Waals surface area contributed by atoms with Gasteiger partial charge in [-0.1, -0.05) is 0 Å². The average Bonchev–Trinajstić information content (AvgIpc) is 2.10. The zero-order valence-electron chi connectivity index (χ0n) is 7.16. The molecule has 0 aliphatic heterocycles. The molecule has 0 heterocycles. The standard InChI is InChI=1S/C7H9I2NO4/c8-5(11)1-2-6(12)14-3-4(10)7(9)13/h4H,1-3,10H2. The van der Waals surface area contributed by atoms with Gasteiger partial charge in [-0.05, 0) is 22.6 Å². The van der Waals surface area contributed by atoms with Crippen LogP contribution in [0.15, 0.2) is 0 Å². The summed E-state index contributed by atoms with van der Waals surface area (Å²) in [6, 6.07) is -0.783. The van der Waals surface area contributed by atoms with Gasteiger partial charge in [0.05, 0.1) is 6.42 Å². The molecule has 0 radical (unpaired) electrons. The molecule has 2 N–H and O–H groups in total. The predicted octanol–water partition coefficient (Wildman–Crippen LogP) is 0.560. The van der Waals surface area contributed by atoms with Crippen LogP contribution in [0.25, 0.3) is 0 Å². The first-order chi connectivity index (χ1) is 6.43. The predicted molar refractivity (Wildman–Crippen MR) is 66.2 cm³/mol. The second-order valence-electron chi connectivity index (χ2n) is 2.45. The van der Waals surface area contributed by atoms with Crippen LogP contribution in [0.4, 0.5) is 0 Å². The molecule has 0 aromatic carbocycles. The minimum atomic E-state index is -0.783. The Kier molecular flexibility index (Phi) is 7.64. The van der Waals surface area contributed by atoms with Crippen LogP contribution in [-0.4, -0.2) is 26.2 Å². The molecule has 14 heavy (non-hydrogen) atoms. The summed E-state index contributed by atoms with van der Waals surface area (Å²) >= 11 is 3.14. The summed E-state index contributed by atoms with van der Waals surface area (Å²) < 4.78 is 4.30. The van der Waals surface area contributed by atoms with Crippen molar-refractivity contribution in [2.75, 3.05) is 6.61 Å². The fourth-order valence-corrected chi connectivity index (χ4v) is 0.970. The minimum Gasteiger partial charge on any atom is -0.463 e. The lowest BCUT2D eigenvalue weighted by molar-refractivity contribution is -0.145. The van der Waals surface area contributed by atoms with Gasteiger partial charge in [0, 0.05) is 29.0 Å². The summed E-state index contributed by atoms with van der Waals surface area (Å²) in [6.07, 6.45) is 0.177. The summed E-state index contributed by atoms with van der Waals surface area (Å²) in [5, 5.41) is 0. The molecule has 0 aromatic heterocycles. The molecule has 0 saturated carbocycles. The van der Waals surface area contributed by atoms with E-state index in [9.17, 15) is 14.4 Å². The highest BCUT2D eigenvalue weighted by Crippen LogP contribution is 2.00. The largest absolute Gasteiger partial charge is 0.463 e. The van der Waals surface area contributed by atoms with Crippen LogP contribution in [0.1, 0.15) is 12.8 Å². The topological polar surface area (TPSA) is 86.5 Å². The van der Waals surface area contributed by atoms with Crippen LogP contribution < -0.4 is 5.73 Å². The monoisotopic (exact) mass is 425 g/mol. The van der Waals surface area contributed by atoms with Gasteiger partial charge >= 0.3 is 5.97 Å². The van der Waals surface area contributed by atoms with E-state index in [4.69, 9.17) is 5.73 Å². The summed E-state index contributed by atoms with van der Waals surface area (Å²) in [4.78, 5) is 32.1. The molecule has 0 fully saturated rings. The molecular formula is C7H9I2NO4. The lowest BCUT2D eigenvalue weighted by Crippen LogP contribution is -2.32. The van der Waals surface area contributed by atoms with E-state index in [-0.39, 0.29) is 27.0 Å². The van der Waals surface area contributed by atoms with Gasteiger partial charge in [0.1, 0.15) is 12.6 Å². The molecular weight excluding hydrogens is 416 g/mol. The summed E-state index contributed by atoms with van der Waals surface area (Å²) in [5.41, 5.74) is 5.32. The quantitative estimate of drug-likeness (QED) is 0.382. The number of carbonyl (C=O) groups is 3. The summed E-state index contributed by atoms with van der Waals surface area (Å²) in [5.74, 6) is -0.511. The molecule has 7 heteroatoms. The molecule has 1 atom stereocenters. The van der Waals surface area contributed by atoms with E-state index in [0.29, 0.717) is 0 Å². The number of carbonyl (C=O) groups excluding carboxylic acids is 3. The Labute approximate surface area is 108 Å². The lowest BCUT2D eigenvalue weighted by Gasteiger charge is -2.07. The fraction of sp³-hybridized carbons (Fsp3) is 0.571. The third-order valence-corrected chi connectivity index (χ3v) is 2.58. The molecule has 0 rings (SSSR count). The van der Waals surface area contributed by atoms with Crippen LogP contribution in [-0.2, 0) is 19.1 Å². The normalized spacial score (nSPS) is 11.9. The second-order valence-corrected chi connectivity index (χ2v) is 4.72. The van der Waals surface area contributed by atoms with E-state index in [2.05, 4.69) is 4.74 Å². The number of hydrogen-bond donors (Lipinski definition) is 1. The Morgan fingerprint density at radius 1 is 1.21 bits per heavy atom. The van der Waals surface area contributed by atoms with Gasteiger partial charge in [-0.15, -0.1) is 0 Å². The van der Waals surface area contributed by atoms with Crippen molar-refractivity contribution in [1.29, 1.82) is 0 Å². The Hall–Kier alpha value is 0.230. The first-order valence-electron chi connectivity index (χ1n) is 3.72. The van der Waals surface area contributed by atoms with E-state index in [0.717, 1.165) is 0 Å². The number of hydrogen-bond acceptors (Lipinski definition) is 5. The van der Waals surface area contributed by atoms with Gasteiger partial charge in [-0.25, -0.2) is 0 Å². The molecule has 5 nitrogen and oxygen atoms in total. The average molecular weight is 425 g/mol. The maximum Gasteiger partial charge on any atom is 0.306 e. The van der Waals surface area contributed by atoms with Crippen molar-refractivity contribution < 1.29 is 19.1 Å². The lowest BCUT2D eigenvalue weighted by atomic mass is 10.3. The Morgan fingerprint density at radius 3 is 2.21 bits per heavy atom. The van der Waals surface area contributed by atoms with E-state index in [1.54, 1.807) is 22.6 Å². The first-order valence-corrected chi connectivity index (χ1v) is 5.88. The molecule has 0 spiro atoms. The van der Waals surface area contributed by atoms with Crippen molar-refractivity contribution >= 4 is 58.7 Å². The number of rotatable bonds is 6. The van der Waals surface area contributed by atoms with Crippen LogP contribution in [0, 0.1) is 0 Å². The highest BCUT2D eigenvalue weighted by atomic mass is 127. The van der Waals surface area contributed by atoms with Crippen molar-refractivity contribution in [2.45, 2.75) is 18.9 Å². The Morgan fingerprint density at radius 2 is 1.79 bits per heavy atom. The second kappa shape index (κ2) is 7.51. The third kappa shape index (κ3) is 7.62. The molecule has 0 bridgehead atoms. The van der Waals surface area contributed by atoms with Crippen molar-refractivity contribution in [3.63, 3.8) is 0 Å². The van der Waals surface area contributed by atoms with Gasteiger partial charge in [-0.3, -0.25) is 14.4 Å². The van der Waals surface area contributed by atoms with E-state index < -0.39 is 12.0 Å². The molecule has 0 aliphatic carbocycles. The molecule has 80 valence electrons.